The molecule has 2 bridgehead atoms. The van der Waals surface area contributed by atoms with Gasteiger partial charge in [0.25, 0.3) is 0 Å². The second-order valence-corrected chi connectivity index (χ2v) is 8.02. The Morgan fingerprint density at radius 3 is 2.19 bits per heavy atom. The zero-order valence-corrected chi connectivity index (χ0v) is 13.6. The molecule has 2 nitrogen and oxygen atoms in total. The van der Waals surface area contributed by atoms with Gasteiger partial charge in [-0.3, -0.25) is 0 Å². The van der Waals surface area contributed by atoms with E-state index in [2.05, 4.69) is 22.0 Å². The lowest BCUT2D eigenvalue weighted by atomic mass is 9.92. The number of rotatable bonds is 3. The molecule has 2 heterocycles. The second kappa shape index (κ2) is 6.42. The Bertz CT molecular complexity index is 362. The Morgan fingerprint density at radius 2 is 1.57 bits per heavy atom. The van der Waals surface area contributed by atoms with Gasteiger partial charge in [-0.15, -0.1) is 0 Å². The zero-order valence-electron chi connectivity index (χ0n) is 13.6. The molecule has 0 radical (unpaired) electrons. The largest absolute Gasteiger partial charge is 0.303 e. The van der Waals surface area contributed by atoms with E-state index in [1.165, 1.54) is 84.1 Å². The van der Waals surface area contributed by atoms with E-state index in [0.29, 0.717) is 0 Å². The normalized spacial score (nSPS) is 39.0. The van der Waals surface area contributed by atoms with Crippen molar-refractivity contribution in [3.05, 3.63) is 12.2 Å². The number of nitrogens with zero attached hydrogens (tertiary/aromatic N) is 2. The first-order chi connectivity index (χ1) is 10.4. The van der Waals surface area contributed by atoms with Crippen LogP contribution in [0.3, 0.4) is 0 Å². The molecule has 0 aromatic rings. The Balaban J connectivity index is 1.24. The Labute approximate surface area is 130 Å². The van der Waals surface area contributed by atoms with Crippen LogP contribution in [0.4, 0.5) is 0 Å². The fourth-order valence-electron chi connectivity index (χ4n) is 5.36. The molecular formula is C19H32N2. The molecule has 2 saturated heterocycles. The Hall–Kier alpha value is -0.340. The summed E-state index contributed by atoms with van der Waals surface area (Å²) < 4.78 is 0. The van der Waals surface area contributed by atoms with Crippen LogP contribution in [0.1, 0.15) is 51.4 Å². The molecule has 3 unspecified atom stereocenters. The summed E-state index contributed by atoms with van der Waals surface area (Å²) in [6, 6.07) is 0.902. The minimum atomic E-state index is 0.902. The summed E-state index contributed by atoms with van der Waals surface area (Å²) in [5.74, 6) is 2.85. The highest BCUT2D eigenvalue weighted by molar-refractivity contribution is 5.10. The summed E-state index contributed by atoms with van der Waals surface area (Å²) in [4.78, 5) is 5.61. The van der Waals surface area contributed by atoms with Gasteiger partial charge in [0.15, 0.2) is 0 Å². The first-order valence-corrected chi connectivity index (χ1v) is 9.53. The molecule has 0 N–H and O–H groups in total. The van der Waals surface area contributed by atoms with Gasteiger partial charge in [-0.25, -0.2) is 0 Å². The number of likely N-dealkylation sites (tertiary alicyclic amines) is 2. The molecule has 0 spiro atoms. The van der Waals surface area contributed by atoms with Crippen molar-refractivity contribution in [3.8, 4) is 0 Å². The van der Waals surface area contributed by atoms with E-state index >= 15 is 0 Å². The predicted octanol–water partition coefficient (Wildman–Crippen LogP) is 3.54. The van der Waals surface area contributed by atoms with Gasteiger partial charge < -0.3 is 9.80 Å². The number of fused-ring (bicyclic) bond motifs is 2. The van der Waals surface area contributed by atoms with Crippen molar-refractivity contribution < 1.29 is 0 Å². The molecule has 4 rings (SSSR count). The first-order valence-electron chi connectivity index (χ1n) is 9.53. The van der Waals surface area contributed by atoms with Crippen LogP contribution in [0.25, 0.3) is 0 Å². The Morgan fingerprint density at radius 1 is 0.810 bits per heavy atom. The maximum Gasteiger partial charge on any atom is 0.0120 e. The average Bonchev–Trinajstić information content (AvgIpc) is 3.02. The van der Waals surface area contributed by atoms with Gasteiger partial charge >= 0.3 is 0 Å². The molecular weight excluding hydrogens is 256 g/mol. The third-order valence-electron chi connectivity index (χ3n) is 6.62. The third kappa shape index (κ3) is 3.22. The van der Waals surface area contributed by atoms with E-state index in [1.807, 2.05) is 0 Å². The van der Waals surface area contributed by atoms with Gasteiger partial charge in [0.2, 0.25) is 0 Å². The molecule has 2 aliphatic carbocycles. The van der Waals surface area contributed by atoms with Crippen molar-refractivity contribution in [2.75, 3.05) is 32.7 Å². The van der Waals surface area contributed by atoms with Gasteiger partial charge in [-0.1, -0.05) is 25.0 Å². The highest BCUT2D eigenvalue weighted by Gasteiger charge is 2.37. The lowest BCUT2D eigenvalue weighted by molar-refractivity contribution is 0.0980. The van der Waals surface area contributed by atoms with E-state index in [9.17, 15) is 0 Å². The van der Waals surface area contributed by atoms with Gasteiger partial charge in [-0.2, -0.15) is 0 Å². The van der Waals surface area contributed by atoms with Gasteiger partial charge in [0, 0.05) is 12.6 Å². The summed E-state index contributed by atoms with van der Waals surface area (Å²) >= 11 is 0. The van der Waals surface area contributed by atoms with E-state index in [0.717, 1.165) is 23.8 Å². The van der Waals surface area contributed by atoms with Crippen molar-refractivity contribution >= 4 is 0 Å². The SMILES string of the molecule is C1=CC2CC1CC2CN1CCC(N2CCCCCC2)CC1. The lowest BCUT2D eigenvalue weighted by Crippen LogP contribution is -2.46. The monoisotopic (exact) mass is 288 g/mol. The van der Waals surface area contributed by atoms with Crippen molar-refractivity contribution in [1.29, 1.82) is 0 Å². The van der Waals surface area contributed by atoms with Gasteiger partial charge in [-0.05, 0) is 82.5 Å². The van der Waals surface area contributed by atoms with Crippen LogP contribution >= 0.6 is 0 Å². The van der Waals surface area contributed by atoms with Crippen molar-refractivity contribution in [1.82, 2.24) is 9.80 Å². The van der Waals surface area contributed by atoms with E-state index in [4.69, 9.17) is 0 Å². The van der Waals surface area contributed by atoms with E-state index < -0.39 is 0 Å². The molecule has 3 fully saturated rings. The molecule has 118 valence electrons. The summed E-state index contributed by atoms with van der Waals surface area (Å²) in [6.45, 7) is 6.86. The molecule has 0 amide bonds. The third-order valence-corrected chi connectivity index (χ3v) is 6.62. The molecule has 1 saturated carbocycles. The summed E-state index contributed by atoms with van der Waals surface area (Å²) in [6.07, 6.45) is 16.6. The number of allylic oxidation sites excluding steroid dienone is 2. The zero-order chi connectivity index (χ0) is 14.1. The maximum atomic E-state index is 2.82. The molecule has 2 heteroatoms. The van der Waals surface area contributed by atoms with Crippen molar-refractivity contribution in [2.45, 2.75) is 57.4 Å². The Kier molecular flexibility index (Phi) is 4.36. The van der Waals surface area contributed by atoms with Crippen molar-refractivity contribution in [3.63, 3.8) is 0 Å². The van der Waals surface area contributed by atoms with Crippen LogP contribution in [0.2, 0.25) is 0 Å². The van der Waals surface area contributed by atoms with Crippen LogP contribution in [-0.4, -0.2) is 48.6 Å². The standard InChI is InChI=1S/C19H32N2/c1-2-4-10-21(9-3-1)19-7-11-20(12-8-19)15-18-14-16-5-6-17(18)13-16/h5-6,16-19H,1-4,7-15H2. The van der Waals surface area contributed by atoms with E-state index in [-0.39, 0.29) is 0 Å². The van der Waals surface area contributed by atoms with Crippen LogP contribution < -0.4 is 0 Å². The van der Waals surface area contributed by atoms with Crippen LogP contribution in [0, 0.1) is 17.8 Å². The minimum Gasteiger partial charge on any atom is -0.303 e. The summed E-state index contributed by atoms with van der Waals surface area (Å²) in [5, 5.41) is 0. The first kappa shape index (κ1) is 14.3. The number of hydrogen-bond acceptors (Lipinski definition) is 2. The topological polar surface area (TPSA) is 6.48 Å². The average molecular weight is 288 g/mol. The highest BCUT2D eigenvalue weighted by atomic mass is 15.2. The molecule has 0 aromatic heterocycles. The maximum absolute atomic E-state index is 2.82. The van der Waals surface area contributed by atoms with Gasteiger partial charge in [0.05, 0.1) is 0 Å². The number of piperidine rings is 1. The summed E-state index contributed by atoms with van der Waals surface area (Å²) in [7, 11) is 0. The molecule has 2 aliphatic heterocycles. The molecule has 0 aromatic carbocycles. The smallest absolute Gasteiger partial charge is 0.0120 e. The predicted molar refractivity (Wildman–Crippen MR) is 88.3 cm³/mol. The fraction of sp³-hybridized carbons (Fsp3) is 0.895. The molecule has 3 atom stereocenters. The molecule has 4 aliphatic rings. The van der Waals surface area contributed by atoms with E-state index in [1.54, 1.807) is 0 Å². The second-order valence-electron chi connectivity index (χ2n) is 8.02. The lowest BCUT2D eigenvalue weighted by Gasteiger charge is -2.39. The summed E-state index contributed by atoms with van der Waals surface area (Å²) in [5.41, 5.74) is 0. The van der Waals surface area contributed by atoms with Crippen molar-refractivity contribution in [2.24, 2.45) is 17.8 Å². The van der Waals surface area contributed by atoms with Crippen LogP contribution in [0.15, 0.2) is 12.2 Å². The minimum absolute atomic E-state index is 0.902. The highest BCUT2D eigenvalue weighted by Crippen LogP contribution is 2.43. The van der Waals surface area contributed by atoms with Gasteiger partial charge in [0.1, 0.15) is 0 Å². The number of hydrogen-bond donors (Lipinski definition) is 0. The molecule has 21 heavy (non-hydrogen) atoms. The van der Waals surface area contributed by atoms with Crippen LogP contribution in [0.5, 0.6) is 0 Å². The quantitative estimate of drug-likeness (QED) is 0.733. The fourth-order valence-corrected chi connectivity index (χ4v) is 5.36. The van der Waals surface area contributed by atoms with Crippen LogP contribution in [-0.2, 0) is 0 Å².